The van der Waals surface area contributed by atoms with Gasteiger partial charge in [0, 0.05) is 36.6 Å². The molecule has 8 heteroatoms. The number of fused-ring (bicyclic) bond motifs is 1. The van der Waals surface area contributed by atoms with Crippen molar-refractivity contribution in [2.24, 2.45) is 0 Å². The molecule has 0 atom stereocenters. The van der Waals surface area contributed by atoms with Crippen LogP contribution < -0.4 is 10.0 Å². The average Bonchev–Trinajstić information content (AvgIpc) is 3.32. The Labute approximate surface area is 204 Å². The second-order valence-corrected chi connectivity index (χ2v) is 9.78. The number of hydrogen-bond donors (Lipinski definition) is 3. The molecule has 1 aromatic heterocycles. The van der Waals surface area contributed by atoms with Gasteiger partial charge in [0.25, 0.3) is 0 Å². The fourth-order valence-electron chi connectivity index (χ4n) is 4.37. The maximum Gasteiger partial charge on any atom is 0.207 e. The van der Waals surface area contributed by atoms with E-state index in [1.54, 1.807) is 24.1 Å². The summed E-state index contributed by atoms with van der Waals surface area (Å²) in [6.07, 6.45) is 9.52. The van der Waals surface area contributed by atoms with Gasteiger partial charge in [0.15, 0.2) is 0 Å². The van der Waals surface area contributed by atoms with Gasteiger partial charge in [-0.25, -0.2) is 9.37 Å². The van der Waals surface area contributed by atoms with Crippen LogP contribution in [-0.4, -0.2) is 35.6 Å². The molecule has 1 saturated heterocycles. The van der Waals surface area contributed by atoms with Gasteiger partial charge in [0.1, 0.15) is 11.6 Å². The van der Waals surface area contributed by atoms with Gasteiger partial charge in [-0.1, -0.05) is 31.4 Å². The van der Waals surface area contributed by atoms with Crippen LogP contribution >= 0.6 is 11.9 Å². The first-order valence-corrected chi connectivity index (χ1v) is 12.9. The third-order valence-electron chi connectivity index (χ3n) is 6.33. The molecule has 182 valence electrons. The maximum absolute atomic E-state index is 12.3. The van der Waals surface area contributed by atoms with Crippen molar-refractivity contribution in [1.82, 2.24) is 20.0 Å². The predicted octanol–water partition coefficient (Wildman–Crippen LogP) is 5.46. The number of imidazole rings is 1. The smallest absolute Gasteiger partial charge is 0.207 e. The molecule has 2 heterocycles. The summed E-state index contributed by atoms with van der Waals surface area (Å²) in [7, 11) is 0. The number of H-pyrrole nitrogens is 1. The molecule has 1 amide bonds. The normalized spacial score (nSPS) is 17.2. The molecule has 3 aromatic rings. The lowest BCUT2D eigenvalue weighted by molar-refractivity contribution is -0.109. The first kappa shape index (κ1) is 24.7. The quantitative estimate of drug-likeness (QED) is 0.307. The van der Waals surface area contributed by atoms with Gasteiger partial charge < -0.3 is 15.0 Å². The lowest BCUT2D eigenvalue weighted by atomic mass is 9.96. The summed E-state index contributed by atoms with van der Waals surface area (Å²) in [6, 6.07) is 13.2. The maximum atomic E-state index is 12.3. The summed E-state index contributed by atoms with van der Waals surface area (Å²) in [4.78, 5) is 19.5. The Balaban J connectivity index is 0.000000210. The number of aromatic nitrogens is 2. The average molecular weight is 485 g/mol. The molecule has 0 bridgehead atoms. The minimum atomic E-state index is -0.264. The number of ether oxygens (including phenoxy) is 1. The monoisotopic (exact) mass is 484 g/mol. The fraction of sp³-hybridized carbons (Fsp3) is 0.462. The van der Waals surface area contributed by atoms with Crippen LogP contribution in [0.3, 0.4) is 0 Å². The van der Waals surface area contributed by atoms with Gasteiger partial charge in [0.05, 0.1) is 11.0 Å². The van der Waals surface area contributed by atoms with Crippen molar-refractivity contribution in [3.8, 4) is 0 Å². The molecule has 2 aliphatic rings. The van der Waals surface area contributed by atoms with E-state index in [9.17, 15) is 9.18 Å². The summed E-state index contributed by atoms with van der Waals surface area (Å²) in [6.45, 7) is 2.16. The van der Waals surface area contributed by atoms with Gasteiger partial charge in [-0.3, -0.25) is 9.52 Å². The Morgan fingerprint density at radius 1 is 1.06 bits per heavy atom. The van der Waals surface area contributed by atoms with Crippen LogP contribution in [0, 0.1) is 5.82 Å². The number of halogens is 1. The number of aromatic amines is 1. The first-order chi connectivity index (χ1) is 16.7. The van der Waals surface area contributed by atoms with E-state index >= 15 is 0 Å². The number of carbonyl (C=O) groups is 1. The minimum Gasteiger partial charge on any atom is -0.381 e. The van der Waals surface area contributed by atoms with E-state index in [-0.39, 0.29) is 5.82 Å². The molecule has 34 heavy (non-hydrogen) atoms. The highest BCUT2D eigenvalue weighted by Gasteiger charge is 2.19. The predicted molar refractivity (Wildman–Crippen MR) is 134 cm³/mol. The molecule has 1 saturated carbocycles. The Hall–Kier alpha value is -2.42. The van der Waals surface area contributed by atoms with Gasteiger partial charge in [-0.15, -0.1) is 0 Å². The molecule has 1 aliphatic carbocycles. The molecular weight excluding hydrogens is 451 g/mol. The van der Waals surface area contributed by atoms with Crippen LogP contribution in [0.5, 0.6) is 0 Å². The van der Waals surface area contributed by atoms with E-state index in [0.29, 0.717) is 24.9 Å². The SMILES string of the molecule is O=CNCc1ccc(F)cc1.c1cc2nc(C3CCOCC3)[nH]c2cc1SNC1CCCCC1. The Bertz CT molecular complexity index is 1030. The number of benzene rings is 2. The van der Waals surface area contributed by atoms with E-state index in [2.05, 4.69) is 33.2 Å². The van der Waals surface area contributed by atoms with Crippen LogP contribution in [0.2, 0.25) is 0 Å². The summed E-state index contributed by atoms with van der Waals surface area (Å²) < 4.78 is 21.4. The number of nitrogens with one attached hydrogen (secondary N) is 3. The highest BCUT2D eigenvalue weighted by molar-refractivity contribution is 7.97. The molecule has 1 aliphatic heterocycles. The summed E-state index contributed by atoms with van der Waals surface area (Å²) in [5, 5.41) is 2.48. The lowest BCUT2D eigenvalue weighted by Gasteiger charge is -2.22. The summed E-state index contributed by atoms with van der Waals surface area (Å²) in [5.74, 6) is 1.39. The molecular formula is C26H33FN4O2S. The van der Waals surface area contributed by atoms with Crippen molar-refractivity contribution in [2.45, 2.75) is 68.3 Å². The van der Waals surface area contributed by atoms with Crippen molar-refractivity contribution in [1.29, 1.82) is 0 Å². The number of carbonyl (C=O) groups excluding carboxylic acids is 1. The Morgan fingerprint density at radius 2 is 1.82 bits per heavy atom. The summed E-state index contributed by atoms with van der Waals surface area (Å²) in [5.41, 5.74) is 3.12. The van der Waals surface area contributed by atoms with Crippen LogP contribution in [-0.2, 0) is 16.1 Å². The van der Waals surface area contributed by atoms with E-state index in [0.717, 1.165) is 48.5 Å². The van der Waals surface area contributed by atoms with E-state index < -0.39 is 0 Å². The van der Waals surface area contributed by atoms with Crippen molar-refractivity contribution >= 4 is 29.4 Å². The molecule has 6 nitrogen and oxygen atoms in total. The van der Waals surface area contributed by atoms with Crippen LogP contribution in [0.1, 0.15) is 62.3 Å². The zero-order valence-corrected chi connectivity index (χ0v) is 20.2. The van der Waals surface area contributed by atoms with Crippen molar-refractivity contribution in [2.75, 3.05) is 13.2 Å². The molecule has 3 N–H and O–H groups in total. The fourth-order valence-corrected chi connectivity index (χ4v) is 5.22. The number of amides is 1. The van der Waals surface area contributed by atoms with Gasteiger partial charge in [-0.05, 0) is 73.5 Å². The highest BCUT2D eigenvalue weighted by Crippen LogP contribution is 2.29. The van der Waals surface area contributed by atoms with E-state index in [1.807, 2.05) is 0 Å². The standard InChI is InChI=1S/C18H25N3OS.C8H8FNO/c1-2-4-14(5-3-1)21-23-15-6-7-16-17(12-15)20-18(19-16)13-8-10-22-11-9-13;9-8-3-1-7(2-4-8)5-10-6-11/h6-7,12-14,21H,1-5,8-11H2,(H,19,20);1-4,6H,5H2,(H,10,11). The molecule has 2 fully saturated rings. The van der Waals surface area contributed by atoms with Crippen LogP contribution in [0.4, 0.5) is 4.39 Å². The summed E-state index contributed by atoms with van der Waals surface area (Å²) >= 11 is 1.77. The van der Waals surface area contributed by atoms with Gasteiger partial charge >= 0.3 is 0 Å². The topological polar surface area (TPSA) is 79.0 Å². The molecule has 0 unspecified atom stereocenters. The highest BCUT2D eigenvalue weighted by atomic mass is 32.2. The zero-order valence-electron chi connectivity index (χ0n) is 19.4. The lowest BCUT2D eigenvalue weighted by Crippen LogP contribution is -2.25. The zero-order chi connectivity index (χ0) is 23.6. The Kier molecular flexibility index (Phi) is 9.35. The van der Waals surface area contributed by atoms with Gasteiger partial charge in [-0.2, -0.15) is 0 Å². The third-order valence-corrected chi connectivity index (χ3v) is 7.27. The van der Waals surface area contributed by atoms with Gasteiger partial charge in [0.2, 0.25) is 6.41 Å². The molecule has 5 rings (SSSR count). The molecule has 2 aromatic carbocycles. The number of hydrogen-bond acceptors (Lipinski definition) is 5. The molecule has 0 radical (unpaired) electrons. The minimum absolute atomic E-state index is 0.264. The second-order valence-electron chi connectivity index (χ2n) is 8.87. The van der Waals surface area contributed by atoms with Crippen molar-refractivity contribution in [3.63, 3.8) is 0 Å². The second kappa shape index (κ2) is 12.9. The number of rotatable bonds is 7. The molecule has 0 spiro atoms. The van der Waals surface area contributed by atoms with Crippen molar-refractivity contribution < 1.29 is 13.9 Å². The van der Waals surface area contributed by atoms with E-state index in [4.69, 9.17) is 9.72 Å². The first-order valence-electron chi connectivity index (χ1n) is 12.1. The Morgan fingerprint density at radius 3 is 2.56 bits per heavy atom. The largest absolute Gasteiger partial charge is 0.381 e. The van der Waals surface area contributed by atoms with Crippen LogP contribution in [0.25, 0.3) is 11.0 Å². The third kappa shape index (κ3) is 7.29. The van der Waals surface area contributed by atoms with Crippen molar-refractivity contribution in [3.05, 3.63) is 59.7 Å². The van der Waals surface area contributed by atoms with E-state index in [1.165, 1.54) is 49.1 Å². The van der Waals surface area contributed by atoms with Crippen LogP contribution in [0.15, 0.2) is 47.4 Å². The number of nitrogens with zero attached hydrogens (tertiary/aromatic N) is 1.